The SMILES string of the molecule is O=C(O)c1ccc(CCC[C@H]2C(Cl)CC(O)[C@@H]2CCc2cc(Cl)cc(Cl)c2)s1. The molecule has 28 heavy (non-hydrogen) atoms. The molecule has 2 N–H and O–H groups in total. The summed E-state index contributed by atoms with van der Waals surface area (Å²) in [5, 5.41) is 20.7. The third-order valence-electron chi connectivity index (χ3n) is 5.50. The van der Waals surface area contributed by atoms with Crippen LogP contribution in [0.5, 0.6) is 0 Å². The molecule has 2 aromatic rings. The zero-order valence-corrected chi connectivity index (χ0v) is 18.4. The number of carbonyl (C=O) groups is 1. The second-order valence-electron chi connectivity index (χ2n) is 7.43. The molecule has 1 heterocycles. The molecule has 1 saturated carbocycles. The van der Waals surface area contributed by atoms with Gasteiger partial charge in [-0.15, -0.1) is 22.9 Å². The first-order chi connectivity index (χ1) is 13.3. The van der Waals surface area contributed by atoms with Crippen LogP contribution in [0, 0.1) is 11.8 Å². The second kappa shape index (κ2) is 9.82. The molecule has 3 nitrogen and oxygen atoms in total. The second-order valence-corrected chi connectivity index (χ2v) is 10.0. The van der Waals surface area contributed by atoms with Crippen molar-refractivity contribution in [3.05, 3.63) is 55.7 Å². The molecule has 1 aromatic carbocycles. The smallest absolute Gasteiger partial charge is 0.345 e. The van der Waals surface area contributed by atoms with Crippen LogP contribution in [0.3, 0.4) is 0 Å². The Morgan fingerprint density at radius 2 is 1.79 bits per heavy atom. The van der Waals surface area contributed by atoms with Crippen LogP contribution in [0.15, 0.2) is 30.3 Å². The van der Waals surface area contributed by atoms with Crippen molar-refractivity contribution in [2.45, 2.75) is 50.0 Å². The van der Waals surface area contributed by atoms with Gasteiger partial charge in [-0.2, -0.15) is 0 Å². The Hall–Kier alpha value is -0.780. The number of benzene rings is 1. The third-order valence-corrected chi connectivity index (χ3v) is 7.57. The van der Waals surface area contributed by atoms with Gasteiger partial charge in [0, 0.05) is 20.3 Å². The first-order valence-electron chi connectivity index (χ1n) is 9.42. The maximum Gasteiger partial charge on any atom is 0.345 e. The van der Waals surface area contributed by atoms with Crippen LogP contribution in [0.2, 0.25) is 10.0 Å². The fraction of sp³-hybridized carbons (Fsp3) is 0.476. The molecule has 152 valence electrons. The number of rotatable bonds is 8. The van der Waals surface area contributed by atoms with E-state index in [1.54, 1.807) is 12.1 Å². The van der Waals surface area contributed by atoms with Gasteiger partial charge in [0.25, 0.3) is 0 Å². The lowest BCUT2D eigenvalue weighted by Gasteiger charge is -2.23. The largest absolute Gasteiger partial charge is 0.477 e. The molecular weight excluding hydrogens is 439 g/mol. The molecule has 0 radical (unpaired) electrons. The van der Waals surface area contributed by atoms with Crippen molar-refractivity contribution in [3.63, 3.8) is 0 Å². The summed E-state index contributed by atoms with van der Waals surface area (Å²) in [5.41, 5.74) is 1.07. The normalized spacial score (nSPS) is 24.6. The zero-order chi connectivity index (χ0) is 20.3. The summed E-state index contributed by atoms with van der Waals surface area (Å²) in [6.45, 7) is 0. The highest BCUT2D eigenvalue weighted by Gasteiger charge is 2.40. The number of aromatic carboxylic acids is 1. The van der Waals surface area contributed by atoms with Crippen LogP contribution in [0.1, 0.15) is 45.8 Å². The minimum Gasteiger partial charge on any atom is -0.477 e. The monoisotopic (exact) mass is 460 g/mol. The van der Waals surface area contributed by atoms with Crippen molar-refractivity contribution in [2.75, 3.05) is 0 Å². The van der Waals surface area contributed by atoms with Crippen molar-refractivity contribution >= 4 is 52.1 Å². The van der Waals surface area contributed by atoms with E-state index in [1.807, 2.05) is 18.2 Å². The number of carboxylic acids is 1. The lowest BCUT2D eigenvalue weighted by Crippen LogP contribution is -2.21. The molecule has 0 aliphatic heterocycles. The number of thiophene rings is 1. The highest BCUT2D eigenvalue weighted by molar-refractivity contribution is 7.13. The van der Waals surface area contributed by atoms with E-state index in [4.69, 9.17) is 39.9 Å². The fourth-order valence-electron chi connectivity index (χ4n) is 4.16. The van der Waals surface area contributed by atoms with E-state index in [9.17, 15) is 9.90 Å². The van der Waals surface area contributed by atoms with Gasteiger partial charge >= 0.3 is 5.97 Å². The number of carboxylic acid groups (broad SMARTS) is 1. The molecule has 1 aliphatic rings. The molecule has 4 atom stereocenters. The van der Waals surface area contributed by atoms with Gasteiger partial charge in [-0.05, 0) is 86.3 Å². The van der Waals surface area contributed by atoms with Gasteiger partial charge in [-0.1, -0.05) is 23.2 Å². The predicted octanol–water partition coefficient (Wildman–Crippen LogP) is 6.31. The molecule has 0 spiro atoms. The molecule has 0 saturated heterocycles. The zero-order valence-electron chi connectivity index (χ0n) is 15.3. The van der Waals surface area contributed by atoms with Gasteiger partial charge in [-0.25, -0.2) is 4.79 Å². The number of aryl methyl sites for hydroxylation is 2. The predicted molar refractivity (Wildman–Crippen MR) is 116 cm³/mol. The highest BCUT2D eigenvalue weighted by Crippen LogP contribution is 2.42. The van der Waals surface area contributed by atoms with Crippen LogP contribution in [0.25, 0.3) is 0 Å². The molecule has 1 aliphatic carbocycles. The maximum absolute atomic E-state index is 11.0. The number of aliphatic hydroxyl groups excluding tert-OH is 1. The van der Waals surface area contributed by atoms with Gasteiger partial charge in [0.05, 0.1) is 6.10 Å². The number of halogens is 3. The average Bonchev–Trinajstić information content (AvgIpc) is 3.18. The fourth-order valence-corrected chi connectivity index (χ4v) is 6.12. The summed E-state index contributed by atoms with van der Waals surface area (Å²) in [6, 6.07) is 9.09. The Balaban J connectivity index is 1.56. The van der Waals surface area contributed by atoms with Crippen LogP contribution in [0.4, 0.5) is 0 Å². The van der Waals surface area contributed by atoms with Crippen molar-refractivity contribution in [3.8, 4) is 0 Å². The van der Waals surface area contributed by atoms with Crippen molar-refractivity contribution < 1.29 is 15.0 Å². The standard InChI is InChI=1S/C21H23Cl3O3S/c22-13-8-12(9-14(23)10-13)4-6-17-16(18(24)11-19(17)25)3-1-2-15-5-7-20(28-15)21(26)27/h5,7-10,16-19,25H,1-4,6,11H2,(H,26,27)/t16-,17-,18?,19?/m1/s1. The van der Waals surface area contributed by atoms with E-state index >= 15 is 0 Å². The van der Waals surface area contributed by atoms with E-state index in [2.05, 4.69) is 0 Å². The van der Waals surface area contributed by atoms with Crippen molar-refractivity contribution in [2.24, 2.45) is 11.8 Å². The first-order valence-corrected chi connectivity index (χ1v) is 11.4. The van der Waals surface area contributed by atoms with Crippen LogP contribution < -0.4 is 0 Å². The van der Waals surface area contributed by atoms with Gasteiger partial charge < -0.3 is 10.2 Å². The van der Waals surface area contributed by atoms with Gasteiger partial charge in [-0.3, -0.25) is 0 Å². The lowest BCUT2D eigenvalue weighted by molar-refractivity contribution is 0.0702. The topological polar surface area (TPSA) is 57.5 Å². The van der Waals surface area contributed by atoms with Crippen molar-refractivity contribution in [1.29, 1.82) is 0 Å². The van der Waals surface area contributed by atoms with Gasteiger partial charge in [0.1, 0.15) is 4.88 Å². The Labute approximate surface area is 184 Å². The van der Waals surface area contributed by atoms with E-state index in [0.29, 0.717) is 21.3 Å². The van der Waals surface area contributed by atoms with Gasteiger partial charge in [0.15, 0.2) is 0 Å². The Morgan fingerprint density at radius 3 is 2.43 bits per heavy atom. The molecule has 3 rings (SSSR count). The van der Waals surface area contributed by atoms with Crippen LogP contribution in [-0.2, 0) is 12.8 Å². The summed E-state index contributed by atoms with van der Waals surface area (Å²) >= 11 is 20.0. The van der Waals surface area contributed by atoms with Crippen LogP contribution >= 0.6 is 46.1 Å². The first kappa shape index (κ1) is 21.9. The molecule has 2 unspecified atom stereocenters. The Kier molecular flexibility index (Phi) is 7.68. The Morgan fingerprint density at radius 1 is 1.07 bits per heavy atom. The number of alkyl halides is 1. The number of aliphatic hydroxyl groups is 1. The lowest BCUT2D eigenvalue weighted by atomic mass is 9.85. The summed E-state index contributed by atoms with van der Waals surface area (Å²) in [5.74, 6) is -0.472. The quantitative estimate of drug-likeness (QED) is 0.453. The van der Waals surface area contributed by atoms with E-state index in [-0.39, 0.29) is 23.3 Å². The minimum absolute atomic E-state index is 0.0270. The Bertz CT molecular complexity index is 803. The molecule has 1 aromatic heterocycles. The molecule has 0 amide bonds. The maximum atomic E-state index is 11.0. The summed E-state index contributed by atoms with van der Waals surface area (Å²) in [4.78, 5) is 12.4. The molecular formula is C21H23Cl3O3S. The van der Waals surface area contributed by atoms with Crippen molar-refractivity contribution in [1.82, 2.24) is 0 Å². The minimum atomic E-state index is -0.878. The van der Waals surface area contributed by atoms with Gasteiger partial charge in [0.2, 0.25) is 0 Å². The van der Waals surface area contributed by atoms with Crippen LogP contribution in [-0.4, -0.2) is 27.7 Å². The molecule has 0 bridgehead atoms. The number of hydrogen-bond donors (Lipinski definition) is 2. The molecule has 7 heteroatoms. The third kappa shape index (κ3) is 5.64. The number of hydrogen-bond acceptors (Lipinski definition) is 3. The van der Waals surface area contributed by atoms with E-state index in [0.717, 1.165) is 42.5 Å². The summed E-state index contributed by atoms with van der Waals surface area (Å²) in [6.07, 6.45) is 4.57. The summed E-state index contributed by atoms with van der Waals surface area (Å²) in [7, 11) is 0. The highest BCUT2D eigenvalue weighted by atomic mass is 35.5. The van der Waals surface area contributed by atoms with E-state index in [1.165, 1.54) is 11.3 Å². The average molecular weight is 462 g/mol. The molecule has 1 fully saturated rings. The van der Waals surface area contributed by atoms with E-state index < -0.39 is 5.97 Å². The summed E-state index contributed by atoms with van der Waals surface area (Å²) < 4.78 is 0.